The van der Waals surface area contributed by atoms with Crippen molar-refractivity contribution in [2.45, 2.75) is 52.2 Å². The third-order valence-electron chi connectivity index (χ3n) is 3.34. The molecule has 0 fully saturated rings. The van der Waals surface area contributed by atoms with E-state index in [9.17, 15) is 0 Å². The van der Waals surface area contributed by atoms with Crippen LogP contribution in [0.15, 0.2) is 30.3 Å². The smallest absolute Gasteiger partial charge is 0.0770 e. The Morgan fingerprint density at radius 1 is 1.17 bits per heavy atom. The van der Waals surface area contributed by atoms with Crippen LogP contribution in [0.2, 0.25) is 0 Å². The van der Waals surface area contributed by atoms with Gasteiger partial charge in [-0.2, -0.15) is 0 Å². The Morgan fingerprint density at radius 2 is 1.78 bits per heavy atom. The summed E-state index contributed by atoms with van der Waals surface area (Å²) in [6, 6.07) is 10.7. The van der Waals surface area contributed by atoms with Crippen LogP contribution in [0.25, 0.3) is 0 Å². The molecule has 0 aromatic heterocycles. The largest absolute Gasteiger partial charge is 0.379 e. The molecule has 2 heteroatoms. The van der Waals surface area contributed by atoms with Crippen molar-refractivity contribution in [3.8, 4) is 0 Å². The second kappa shape index (κ2) is 6.91. The lowest BCUT2D eigenvalue weighted by Gasteiger charge is -2.34. The molecule has 0 aliphatic heterocycles. The third-order valence-corrected chi connectivity index (χ3v) is 3.34. The molecule has 1 aromatic rings. The molecule has 2 nitrogen and oxygen atoms in total. The Labute approximate surface area is 112 Å². The highest BCUT2D eigenvalue weighted by molar-refractivity contribution is 5.14. The van der Waals surface area contributed by atoms with E-state index in [1.54, 1.807) is 7.11 Å². The van der Waals surface area contributed by atoms with Gasteiger partial charge in [0.15, 0.2) is 0 Å². The molecule has 0 heterocycles. The molecule has 2 unspecified atom stereocenters. The first kappa shape index (κ1) is 15.2. The highest BCUT2D eigenvalue weighted by Gasteiger charge is 2.29. The molecule has 0 amide bonds. The SMILES string of the molecule is COC(C(N)CCCc1ccccc1)C(C)(C)C. The molecule has 0 aliphatic rings. The molecule has 0 saturated heterocycles. The van der Waals surface area contributed by atoms with E-state index < -0.39 is 0 Å². The zero-order valence-corrected chi connectivity index (χ0v) is 12.1. The van der Waals surface area contributed by atoms with Crippen LogP contribution in [0.5, 0.6) is 0 Å². The van der Waals surface area contributed by atoms with E-state index in [1.807, 2.05) is 0 Å². The van der Waals surface area contributed by atoms with Gasteiger partial charge in [0, 0.05) is 13.2 Å². The number of benzene rings is 1. The van der Waals surface area contributed by atoms with Crippen LogP contribution in [0.4, 0.5) is 0 Å². The molecule has 0 spiro atoms. The van der Waals surface area contributed by atoms with Crippen molar-refractivity contribution in [2.75, 3.05) is 7.11 Å². The van der Waals surface area contributed by atoms with Crippen molar-refractivity contribution in [1.82, 2.24) is 0 Å². The Bertz CT molecular complexity index is 329. The molecular weight excluding hydrogens is 222 g/mol. The fraction of sp³-hybridized carbons (Fsp3) is 0.625. The van der Waals surface area contributed by atoms with Gasteiger partial charge in [0.1, 0.15) is 0 Å². The van der Waals surface area contributed by atoms with Gasteiger partial charge < -0.3 is 10.5 Å². The van der Waals surface area contributed by atoms with Crippen LogP contribution in [0.3, 0.4) is 0 Å². The molecule has 0 saturated carbocycles. The first-order chi connectivity index (χ1) is 8.45. The van der Waals surface area contributed by atoms with Gasteiger partial charge in [-0.05, 0) is 30.2 Å². The number of methoxy groups -OCH3 is 1. The van der Waals surface area contributed by atoms with Gasteiger partial charge in [0.25, 0.3) is 0 Å². The summed E-state index contributed by atoms with van der Waals surface area (Å²) in [6.07, 6.45) is 3.33. The fourth-order valence-corrected chi connectivity index (χ4v) is 2.51. The molecular formula is C16H27NO. The first-order valence-corrected chi connectivity index (χ1v) is 6.77. The summed E-state index contributed by atoms with van der Waals surface area (Å²) < 4.78 is 5.55. The molecule has 0 aliphatic carbocycles. The highest BCUT2D eigenvalue weighted by atomic mass is 16.5. The summed E-state index contributed by atoms with van der Waals surface area (Å²) in [5.74, 6) is 0. The van der Waals surface area contributed by atoms with Crippen LogP contribution >= 0.6 is 0 Å². The average molecular weight is 249 g/mol. The van der Waals surface area contributed by atoms with Gasteiger partial charge in [0.2, 0.25) is 0 Å². The highest BCUT2D eigenvalue weighted by Crippen LogP contribution is 2.25. The van der Waals surface area contributed by atoms with Crippen LogP contribution in [0.1, 0.15) is 39.2 Å². The molecule has 1 rings (SSSR count). The quantitative estimate of drug-likeness (QED) is 0.838. The number of ether oxygens (including phenoxy) is 1. The molecule has 18 heavy (non-hydrogen) atoms. The van der Waals surface area contributed by atoms with Gasteiger partial charge in [-0.1, -0.05) is 51.1 Å². The summed E-state index contributed by atoms with van der Waals surface area (Å²) in [4.78, 5) is 0. The standard InChI is InChI=1S/C16H27NO/c1-16(2,3)15(18-4)14(17)12-8-11-13-9-6-5-7-10-13/h5-7,9-10,14-15H,8,11-12,17H2,1-4H3. The Hall–Kier alpha value is -0.860. The van der Waals surface area contributed by atoms with Gasteiger partial charge in [-0.3, -0.25) is 0 Å². The van der Waals surface area contributed by atoms with Crippen molar-refractivity contribution in [3.63, 3.8) is 0 Å². The number of hydrogen-bond donors (Lipinski definition) is 1. The van der Waals surface area contributed by atoms with Crippen molar-refractivity contribution in [1.29, 1.82) is 0 Å². The summed E-state index contributed by atoms with van der Waals surface area (Å²) in [5.41, 5.74) is 7.74. The van der Waals surface area contributed by atoms with E-state index in [2.05, 4.69) is 51.1 Å². The summed E-state index contributed by atoms with van der Waals surface area (Å²) in [7, 11) is 1.76. The van der Waals surface area contributed by atoms with Gasteiger partial charge in [0.05, 0.1) is 6.10 Å². The zero-order valence-electron chi connectivity index (χ0n) is 12.1. The summed E-state index contributed by atoms with van der Waals surface area (Å²) >= 11 is 0. The third kappa shape index (κ3) is 4.79. The molecule has 1 aromatic carbocycles. The van der Waals surface area contributed by atoms with E-state index >= 15 is 0 Å². The van der Waals surface area contributed by atoms with E-state index in [0.29, 0.717) is 0 Å². The second-order valence-corrected chi connectivity index (χ2v) is 6.06. The Kier molecular flexibility index (Phi) is 5.83. The maximum atomic E-state index is 6.25. The maximum absolute atomic E-state index is 6.25. The lowest BCUT2D eigenvalue weighted by molar-refractivity contribution is -0.00393. The van der Waals surface area contributed by atoms with Crippen molar-refractivity contribution in [2.24, 2.45) is 11.1 Å². The minimum Gasteiger partial charge on any atom is -0.379 e. The van der Waals surface area contributed by atoms with Crippen molar-refractivity contribution < 1.29 is 4.74 Å². The van der Waals surface area contributed by atoms with Gasteiger partial charge >= 0.3 is 0 Å². The summed E-state index contributed by atoms with van der Waals surface area (Å²) in [5, 5.41) is 0. The molecule has 0 radical (unpaired) electrons. The topological polar surface area (TPSA) is 35.2 Å². The van der Waals surface area contributed by atoms with Crippen molar-refractivity contribution in [3.05, 3.63) is 35.9 Å². The lowest BCUT2D eigenvalue weighted by atomic mass is 9.83. The zero-order chi connectivity index (χ0) is 13.6. The molecule has 2 atom stereocenters. The predicted molar refractivity (Wildman–Crippen MR) is 77.6 cm³/mol. The fourth-order valence-electron chi connectivity index (χ4n) is 2.51. The van der Waals surface area contributed by atoms with E-state index in [4.69, 9.17) is 10.5 Å². The Morgan fingerprint density at radius 3 is 2.28 bits per heavy atom. The second-order valence-electron chi connectivity index (χ2n) is 6.06. The minimum absolute atomic E-state index is 0.0981. The van der Waals surface area contributed by atoms with Gasteiger partial charge in [-0.25, -0.2) is 0 Å². The minimum atomic E-state index is 0.0981. The normalized spacial score (nSPS) is 15.4. The van der Waals surface area contributed by atoms with E-state index in [1.165, 1.54) is 5.56 Å². The Balaban J connectivity index is 2.39. The lowest BCUT2D eigenvalue weighted by Crippen LogP contribution is -2.44. The van der Waals surface area contributed by atoms with E-state index in [0.717, 1.165) is 19.3 Å². The monoisotopic (exact) mass is 249 g/mol. The number of hydrogen-bond acceptors (Lipinski definition) is 2. The number of aryl methyl sites for hydroxylation is 1. The molecule has 0 bridgehead atoms. The number of nitrogens with two attached hydrogens (primary N) is 1. The van der Waals surface area contributed by atoms with Crippen LogP contribution in [0, 0.1) is 5.41 Å². The maximum Gasteiger partial charge on any atom is 0.0770 e. The number of rotatable bonds is 6. The predicted octanol–water partition coefficient (Wildman–Crippen LogP) is 3.40. The van der Waals surface area contributed by atoms with Crippen LogP contribution < -0.4 is 5.73 Å². The molecule has 2 N–H and O–H groups in total. The van der Waals surface area contributed by atoms with Crippen LogP contribution in [-0.4, -0.2) is 19.3 Å². The van der Waals surface area contributed by atoms with Gasteiger partial charge in [-0.15, -0.1) is 0 Å². The molecule has 102 valence electrons. The average Bonchev–Trinajstić information content (AvgIpc) is 2.29. The summed E-state index contributed by atoms with van der Waals surface area (Å²) in [6.45, 7) is 6.54. The van der Waals surface area contributed by atoms with E-state index in [-0.39, 0.29) is 17.6 Å². The van der Waals surface area contributed by atoms with Crippen molar-refractivity contribution >= 4 is 0 Å². The first-order valence-electron chi connectivity index (χ1n) is 6.77. The van der Waals surface area contributed by atoms with Crippen LogP contribution in [-0.2, 0) is 11.2 Å².